The summed E-state index contributed by atoms with van der Waals surface area (Å²) in [6.07, 6.45) is 4.69. The minimum atomic E-state index is -3.79. The van der Waals surface area contributed by atoms with Crippen LogP contribution in [0, 0.1) is 0 Å². The predicted molar refractivity (Wildman–Crippen MR) is 120 cm³/mol. The van der Waals surface area contributed by atoms with Crippen LogP contribution in [0.25, 0.3) is 11.1 Å². The van der Waals surface area contributed by atoms with E-state index in [-0.39, 0.29) is 16.0 Å². The fraction of sp³-hybridized carbons (Fsp3) is 0.174. The van der Waals surface area contributed by atoms with Gasteiger partial charge in [-0.15, -0.1) is 5.10 Å². The highest BCUT2D eigenvalue weighted by molar-refractivity contribution is 7.91. The number of sulfone groups is 1. The number of rotatable bonds is 6. The summed E-state index contributed by atoms with van der Waals surface area (Å²) in [7, 11) is -2.21. The number of pyridine rings is 1. The van der Waals surface area contributed by atoms with Gasteiger partial charge in [-0.2, -0.15) is 4.98 Å². The second kappa shape index (κ2) is 8.08. The van der Waals surface area contributed by atoms with Gasteiger partial charge in [-0.05, 0) is 54.2 Å². The van der Waals surface area contributed by atoms with E-state index in [4.69, 9.17) is 4.74 Å². The quantitative estimate of drug-likeness (QED) is 0.461. The number of H-pyrrole nitrogens is 1. The Kier molecular flexibility index (Phi) is 5.10. The molecule has 2 heterocycles. The Morgan fingerprint density at radius 1 is 1.06 bits per heavy atom. The fourth-order valence-electron chi connectivity index (χ4n) is 3.98. The lowest BCUT2D eigenvalue weighted by atomic mass is 9.98. The minimum Gasteiger partial charge on any atom is -0.481 e. The Morgan fingerprint density at radius 3 is 2.72 bits per heavy atom. The van der Waals surface area contributed by atoms with Gasteiger partial charge in [0.1, 0.15) is 0 Å². The van der Waals surface area contributed by atoms with Crippen LogP contribution in [0.5, 0.6) is 5.88 Å². The van der Waals surface area contributed by atoms with Gasteiger partial charge in [0, 0.05) is 17.8 Å². The summed E-state index contributed by atoms with van der Waals surface area (Å²) in [5.41, 5.74) is 5.21. The molecule has 1 aliphatic rings. The lowest BCUT2D eigenvalue weighted by Gasteiger charge is -2.15. The topological polar surface area (TPSA) is 110 Å². The number of nitrogens with zero attached hydrogens (tertiary/aromatic N) is 3. The summed E-state index contributed by atoms with van der Waals surface area (Å²) in [6, 6.07) is 16.1. The van der Waals surface area contributed by atoms with Crippen LogP contribution in [0.2, 0.25) is 0 Å². The number of aromatic nitrogens is 4. The molecule has 0 aliphatic heterocycles. The van der Waals surface area contributed by atoms with Crippen LogP contribution < -0.4 is 10.1 Å². The Morgan fingerprint density at radius 2 is 1.91 bits per heavy atom. The van der Waals surface area contributed by atoms with Gasteiger partial charge in [-0.25, -0.2) is 18.5 Å². The number of benzene rings is 2. The average molecular weight is 448 g/mol. The molecule has 4 aromatic rings. The molecule has 0 saturated carbocycles. The van der Waals surface area contributed by atoms with Crippen molar-refractivity contribution in [1.82, 2.24) is 20.2 Å². The molecule has 0 atom stereocenters. The van der Waals surface area contributed by atoms with Crippen molar-refractivity contribution in [2.24, 2.45) is 0 Å². The molecular formula is C23H21N5O3S. The van der Waals surface area contributed by atoms with E-state index in [1.807, 2.05) is 12.1 Å². The van der Waals surface area contributed by atoms with Crippen LogP contribution in [0.15, 0.2) is 70.8 Å². The lowest BCUT2D eigenvalue weighted by Crippen LogP contribution is -2.04. The first-order valence-electron chi connectivity index (χ1n) is 10.2. The summed E-state index contributed by atoms with van der Waals surface area (Å²) < 4.78 is 31.0. The molecule has 32 heavy (non-hydrogen) atoms. The third-order valence-electron chi connectivity index (χ3n) is 5.55. The molecule has 8 nitrogen and oxygen atoms in total. The minimum absolute atomic E-state index is 0.160. The van der Waals surface area contributed by atoms with Crippen molar-refractivity contribution in [2.75, 3.05) is 12.4 Å². The molecule has 5 rings (SSSR count). The van der Waals surface area contributed by atoms with E-state index in [2.05, 4.69) is 37.6 Å². The van der Waals surface area contributed by atoms with E-state index in [0.29, 0.717) is 5.88 Å². The van der Waals surface area contributed by atoms with Gasteiger partial charge in [0.15, 0.2) is 0 Å². The number of aromatic amines is 1. The third kappa shape index (κ3) is 3.60. The Hall–Kier alpha value is -3.72. The molecule has 2 aromatic carbocycles. The standard InChI is InChI=1S/C23H21N5O3S/c1-31-20-14-16(12-13-24-20)19-11-10-15-6-5-9-18(15)21(19)25-22-26-23(28-27-22)32(29,30)17-7-3-2-4-8-17/h2-4,7-8,10-14H,5-6,9H2,1H3,(H2,25,26,27,28). The second-order valence-electron chi connectivity index (χ2n) is 7.47. The summed E-state index contributed by atoms with van der Waals surface area (Å²) in [5.74, 6) is 0.713. The van der Waals surface area contributed by atoms with Crippen molar-refractivity contribution < 1.29 is 13.2 Å². The van der Waals surface area contributed by atoms with E-state index < -0.39 is 9.84 Å². The van der Waals surface area contributed by atoms with E-state index in [1.54, 1.807) is 31.5 Å². The molecule has 0 radical (unpaired) electrons. The molecule has 1 aliphatic carbocycles. The van der Waals surface area contributed by atoms with Crippen molar-refractivity contribution in [3.63, 3.8) is 0 Å². The number of ether oxygens (including phenoxy) is 1. The molecule has 9 heteroatoms. The molecule has 0 fully saturated rings. The van der Waals surface area contributed by atoms with Crippen LogP contribution in [-0.4, -0.2) is 35.7 Å². The fourth-order valence-corrected chi connectivity index (χ4v) is 5.10. The smallest absolute Gasteiger partial charge is 0.249 e. The molecule has 0 bridgehead atoms. The van der Waals surface area contributed by atoms with E-state index in [9.17, 15) is 8.42 Å². The zero-order valence-electron chi connectivity index (χ0n) is 17.4. The molecule has 2 N–H and O–H groups in total. The molecule has 0 saturated heterocycles. The maximum absolute atomic E-state index is 12.9. The van der Waals surface area contributed by atoms with E-state index in [1.165, 1.54) is 23.3 Å². The van der Waals surface area contributed by atoms with Crippen LogP contribution in [-0.2, 0) is 22.7 Å². The van der Waals surface area contributed by atoms with Crippen LogP contribution in [0.3, 0.4) is 0 Å². The molecule has 0 amide bonds. The summed E-state index contributed by atoms with van der Waals surface area (Å²) >= 11 is 0. The third-order valence-corrected chi connectivity index (χ3v) is 7.13. The average Bonchev–Trinajstić information content (AvgIpc) is 3.50. The highest BCUT2D eigenvalue weighted by Gasteiger charge is 2.24. The van der Waals surface area contributed by atoms with Gasteiger partial charge in [0.05, 0.1) is 17.7 Å². The zero-order chi connectivity index (χ0) is 22.1. The van der Waals surface area contributed by atoms with Gasteiger partial charge < -0.3 is 10.1 Å². The van der Waals surface area contributed by atoms with Crippen molar-refractivity contribution in [1.29, 1.82) is 0 Å². The Bertz CT molecular complexity index is 1380. The monoisotopic (exact) mass is 447 g/mol. The van der Waals surface area contributed by atoms with Gasteiger partial charge in [0.25, 0.3) is 0 Å². The van der Waals surface area contributed by atoms with Crippen molar-refractivity contribution >= 4 is 21.5 Å². The van der Waals surface area contributed by atoms with Gasteiger partial charge >= 0.3 is 0 Å². The molecule has 2 aromatic heterocycles. The second-order valence-corrected chi connectivity index (χ2v) is 9.34. The summed E-state index contributed by atoms with van der Waals surface area (Å²) in [4.78, 5) is 8.59. The van der Waals surface area contributed by atoms with Crippen molar-refractivity contribution in [2.45, 2.75) is 29.3 Å². The largest absolute Gasteiger partial charge is 0.481 e. The van der Waals surface area contributed by atoms with Crippen LogP contribution in [0.1, 0.15) is 17.5 Å². The summed E-state index contributed by atoms with van der Waals surface area (Å²) in [5, 5.41) is 9.77. The maximum atomic E-state index is 12.9. The Labute approximate surface area is 185 Å². The SMILES string of the molecule is COc1cc(-c2ccc3c(c2Nc2n[nH]c(S(=O)(=O)c4ccccc4)n2)CCC3)ccn1. The molecule has 162 valence electrons. The van der Waals surface area contributed by atoms with Gasteiger partial charge in [-0.1, -0.05) is 30.3 Å². The number of aryl methyl sites for hydroxylation is 1. The first-order valence-corrected chi connectivity index (χ1v) is 11.7. The number of methoxy groups -OCH3 is 1. The number of hydrogen-bond acceptors (Lipinski definition) is 7. The maximum Gasteiger partial charge on any atom is 0.249 e. The lowest BCUT2D eigenvalue weighted by molar-refractivity contribution is 0.398. The Balaban J connectivity index is 1.55. The molecule has 0 spiro atoms. The molecule has 0 unspecified atom stereocenters. The van der Waals surface area contributed by atoms with E-state index >= 15 is 0 Å². The van der Waals surface area contributed by atoms with Crippen LogP contribution >= 0.6 is 0 Å². The summed E-state index contributed by atoms with van der Waals surface area (Å²) in [6.45, 7) is 0. The number of nitrogens with one attached hydrogen (secondary N) is 2. The number of hydrogen-bond donors (Lipinski definition) is 2. The highest BCUT2D eigenvalue weighted by Crippen LogP contribution is 2.39. The number of anilines is 2. The highest BCUT2D eigenvalue weighted by atomic mass is 32.2. The predicted octanol–water partition coefficient (Wildman–Crippen LogP) is 3.94. The van der Waals surface area contributed by atoms with Crippen molar-refractivity contribution in [3.8, 4) is 17.0 Å². The normalized spacial score (nSPS) is 13.0. The van der Waals surface area contributed by atoms with Gasteiger partial charge in [-0.3, -0.25) is 0 Å². The molecular weight excluding hydrogens is 426 g/mol. The van der Waals surface area contributed by atoms with Crippen LogP contribution in [0.4, 0.5) is 11.6 Å². The number of fused-ring (bicyclic) bond motifs is 1. The van der Waals surface area contributed by atoms with E-state index in [0.717, 1.165) is 36.1 Å². The first kappa shape index (κ1) is 20.2. The van der Waals surface area contributed by atoms with Gasteiger partial charge in [0.2, 0.25) is 26.8 Å². The zero-order valence-corrected chi connectivity index (χ0v) is 18.2. The first-order chi connectivity index (χ1) is 15.6. The van der Waals surface area contributed by atoms with Crippen molar-refractivity contribution in [3.05, 3.63) is 71.9 Å².